The standard InChI is InChI=1S/C21H18N4O3S/c1-13-12-24-20(19(23-21(24)29-13)15-7-4-5-11-22-15)18-10-9-17(28-18)14-6-2-3-8-16(14)25(26)27/h2-11,13,19-20H,12H2,1H3/t13-,19-,20-/m0/s1. The van der Waals surface area contributed by atoms with E-state index in [1.54, 1.807) is 42.2 Å². The number of fused-ring (bicyclic) bond motifs is 1. The number of nitro groups is 1. The summed E-state index contributed by atoms with van der Waals surface area (Å²) in [5.74, 6) is 1.22. The highest BCUT2D eigenvalue weighted by atomic mass is 32.2. The molecule has 1 fully saturated rings. The molecule has 0 radical (unpaired) electrons. The fraction of sp³-hybridized carbons (Fsp3) is 0.238. The van der Waals surface area contributed by atoms with Gasteiger partial charge in [-0.3, -0.25) is 15.1 Å². The molecule has 8 heteroatoms. The molecule has 1 saturated heterocycles. The van der Waals surface area contributed by atoms with Crippen molar-refractivity contribution in [2.24, 2.45) is 4.99 Å². The Bertz CT molecular complexity index is 1100. The van der Waals surface area contributed by atoms with Gasteiger partial charge in [-0.05, 0) is 30.3 Å². The number of furan rings is 1. The van der Waals surface area contributed by atoms with Gasteiger partial charge in [0.1, 0.15) is 23.6 Å². The predicted molar refractivity (Wildman–Crippen MR) is 112 cm³/mol. The summed E-state index contributed by atoms with van der Waals surface area (Å²) in [7, 11) is 0. The second-order valence-corrected chi connectivity index (χ2v) is 8.52. The Morgan fingerprint density at radius 3 is 2.79 bits per heavy atom. The van der Waals surface area contributed by atoms with Crippen LogP contribution in [0.25, 0.3) is 11.3 Å². The monoisotopic (exact) mass is 406 g/mol. The molecule has 5 rings (SSSR count). The lowest BCUT2D eigenvalue weighted by Crippen LogP contribution is -2.28. The maximum absolute atomic E-state index is 11.4. The number of aliphatic imine (C=N–C) groups is 1. The Kier molecular flexibility index (Phi) is 4.35. The molecule has 0 spiro atoms. The zero-order chi connectivity index (χ0) is 20.0. The number of amidine groups is 1. The number of benzene rings is 1. The van der Waals surface area contributed by atoms with Gasteiger partial charge in [-0.2, -0.15) is 0 Å². The van der Waals surface area contributed by atoms with Gasteiger partial charge in [-0.25, -0.2) is 4.99 Å². The van der Waals surface area contributed by atoms with Crippen LogP contribution in [0.5, 0.6) is 0 Å². The fourth-order valence-electron chi connectivity index (χ4n) is 3.92. The molecule has 0 N–H and O–H groups in total. The van der Waals surface area contributed by atoms with Gasteiger partial charge in [0.05, 0.1) is 16.2 Å². The van der Waals surface area contributed by atoms with Gasteiger partial charge in [-0.15, -0.1) is 0 Å². The Morgan fingerprint density at radius 1 is 1.17 bits per heavy atom. The molecule has 0 saturated carbocycles. The molecule has 2 aliphatic heterocycles. The molecule has 4 heterocycles. The molecule has 2 aromatic heterocycles. The molecule has 0 bridgehead atoms. The first-order valence-electron chi connectivity index (χ1n) is 9.37. The summed E-state index contributed by atoms with van der Waals surface area (Å²) >= 11 is 1.76. The summed E-state index contributed by atoms with van der Waals surface area (Å²) < 4.78 is 6.18. The van der Waals surface area contributed by atoms with Crippen LogP contribution in [0.3, 0.4) is 0 Å². The van der Waals surface area contributed by atoms with E-state index in [9.17, 15) is 10.1 Å². The van der Waals surface area contributed by atoms with E-state index in [0.717, 1.165) is 23.2 Å². The normalized spacial score (nSPS) is 23.1. The third kappa shape index (κ3) is 3.09. The van der Waals surface area contributed by atoms with Crippen molar-refractivity contribution in [3.63, 3.8) is 0 Å². The Morgan fingerprint density at radius 2 is 2.00 bits per heavy atom. The first kappa shape index (κ1) is 17.9. The van der Waals surface area contributed by atoms with Crippen molar-refractivity contribution < 1.29 is 9.34 Å². The minimum atomic E-state index is -0.385. The van der Waals surface area contributed by atoms with Crippen LogP contribution in [0.2, 0.25) is 0 Å². The number of para-hydroxylation sites is 1. The third-order valence-electron chi connectivity index (χ3n) is 5.17. The van der Waals surface area contributed by atoms with Crippen LogP contribution >= 0.6 is 11.8 Å². The van der Waals surface area contributed by atoms with E-state index in [4.69, 9.17) is 9.41 Å². The first-order valence-corrected chi connectivity index (χ1v) is 10.3. The zero-order valence-electron chi connectivity index (χ0n) is 15.6. The molecule has 29 heavy (non-hydrogen) atoms. The van der Waals surface area contributed by atoms with Crippen molar-refractivity contribution in [2.75, 3.05) is 6.54 Å². The molecule has 1 aromatic carbocycles. The molecule has 2 aliphatic rings. The summed E-state index contributed by atoms with van der Waals surface area (Å²) in [5, 5.41) is 12.9. The second kappa shape index (κ2) is 7.04. The molecule has 146 valence electrons. The van der Waals surface area contributed by atoms with Crippen LogP contribution < -0.4 is 0 Å². The van der Waals surface area contributed by atoms with E-state index in [0.29, 0.717) is 16.6 Å². The van der Waals surface area contributed by atoms with Crippen LogP contribution in [0.15, 0.2) is 70.2 Å². The van der Waals surface area contributed by atoms with Crippen molar-refractivity contribution >= 4 is 22.6 Å². The number of aromatic nitrogens is 1. The molecular weight excluding hydrogens is 388 g/mol. The summed E-state index contributed by atoms with van der Waals surface area (Å²) in [6, 6.07) is 15.9. The van der Waals surface area contributed by atoms with Gasteiger partial charge >= 0.3 is 0 Å². The van der Waals surface area contributed by atoms with Crippen LogP contribution in [-0.4, -0.2) is 31.8 Å². The molecule has 0 amide bonds. The summed E-state index contributed by atoms with van der Waals surface area (Å²) in [4.78, 5) is 22.7. The van der Waals surface area contributed by atoms with Crippen molar-refractivity contribution in [2.45, 2.75) is 24.3 Å². The second-order valence-electron chi connectivity index (χ2n) is 7.11. The van der Waals surface area contributed by atoms with Gasteiger partial charge < -0.3 is 9.32 Å². The van der Waals surface area contributed by atoms with Crippen molar-refractivity contribution in [3.05, 3.63) is 82.4 Å². The van der Waals surface area contributed by atoms with Crippen molar-refractivity contribution in [1.82, 2.24) is 9.88 Å². The summed E-state index contributed by atoms with van der Waals surface area (Å²) in [6.07, 6.45) is 1.77. The average molecular weight is 406 g/mol. The van der Waals surface area contributed by atoms with Crippen LogP contribution in [0, 0.1) is 10.1 Å². The largest absolute Gasteiger partial charge is 0.459 e. The fourth-order valence-corrected chi connectivity index (χ4v) is 5.02. The molecular formula is C21H18N4O3S. The Labute approximate surface area is 171 Å². The number of thioether (sulfide) groups is 1. The minimum absolute atomic E-state index is 0.0309. The average Bonchev–Trinajstić information content (AvgIpc) is 3.42. The van der Waals surface area contributed by atoms with Gasteiger partial charge in [0.2, 0.25) is 0 Å². The number of hydrogen-bond acceptors (Lipinski definition) is 7. The Balaban J connectivity index is 1.55. The number of hydrogen-bond donors (Lipinski definition) is 0. The molecule has 0 unspecified atom stereocenters. The van der Waals surface area contributed by atoms with E-state index in [1.165, 1.54) is 6.07 Å². The topological polar surface area (TPSA) is 84.8 Å². The van der Waals surface area contributed by atoms with E-state index < -0.39 is 0 Å². The summed E-state index contributed by atoms with van der Waals surface area (Å²) in [5.41, 5.74) is 1.39. The number of rotatable bonds is 4. The van der Waals surface area contributed by atoms with Gasteiger partial charge in [0.15, 0.2) is 5.17 Å². The van der Waals surface area contributed by atoms with E-state index in [-0.39, 0.29) is 22.7 Å². The van der Waals surface area contributed by atoms with Crippen molar-refractivity contribution in [1.29, 1.82) is 0 Å². The van der Waals surface area contributed by atoms with E-state index >= 15 is 0 Å². The van der Waals surface area contributed by atoms with Crippen LogP contribution in [0.1, 0.15) is 30.5 Å². The van der Waals surface area contributed by atoms with Crippen LogP contribution in [0.4, 0.5) is 5.69 Å². The predicted octanol–water partition coefficient (Wildman–Crippen LogP) is 4.84. The SMILES string of the molecule is C[C@H]1CN2C(=N[C@@H](c3ccccn3)[C@@H]2c2ccc(-c3ccccc3[N+](=O)[O-])o2)S1. The lowest BCUT2D eigenvalue weighted by Gasteiger charge is -2.25. The molecule has 7 nitrogen and oxygen atoms in total. The zero-order valence-corrected chi connectivity index (χ0v) is 16.5. The minimum Gasteiger partial charge on any atom is -0.459 e. The van der Waals surface area contributed by atoms with E-state index in [1.807, 2.05) is 24.3 Å². The Hall–Kier alpha value is -3.13. The highest BCUT2D eigenvalue weighted by molar-refractivity contribution is 8.14. The highest BCUT2D eigenvalue weighted by Crippen LogP contribution is 2.48. The van der Waals surface area contributed by atoms with E-state index in [2.05, 4.69) is 16.8 Å². The molecule has 3 aromatic rings. The maximum Gasteiger partial charge on any atom is 0.280 e. The lowest BCUT2D eigenvalue weighted by atomic mass is 10.0. The van der Waals surface area contributed by atoms with Gasteiger partial charge in [-0.1, -0.05) is 36.9 Å². The maximum atomic E-state index is 11.4. The number of pyridine rings is 1. The van der Waals surface area contributed by atoms with Crippen LogP contribution in [-0.2, 0) is 0 Å². The smallest absolute Gasteiger partial charge is 0.280 e. The first-order chi connectivity index (χ1) is 14.1. The lowest BCUT2D eigenvalue weighted by molar-refractivity contribution is -0.384. The number of nitro benzene ring substituents is 1. The highest BCUT2D eigenvalue weighted by Gasteiger charge is 2.45. The molecule has 0 aliphatic carbocycles. The number of nitrogens with zero attached hydrogens (tertiary/aromatic N) is 4. The molecule has 3 atom stereocenters. The van der Waals surface area contributed by atoms with Gasteiger partial charge in [0, 0.05) is 24.1 Å². The quantitative estimate of drug-likeness (QED) is 0.455. The third-order valence-corrected chi connectivity index (χ3v) is 6.27. The summed E-state index contributed by atoms with van der Waals surface area (Å²) in [6.45, 7) is 3.05. The van der Waals surface area contributed by atoms with Crippen molar-refractivity contribution in [3.8, 4) is 11.3 Å². The van der Waals surface area contributed by atoms with Gasteiger partial charge in [0.25, 0.3) is 5.69 Å².